The van der Waals surface area contributed by atoms with Crippen LogP contribution in [0.25, 0.3) is 0 Å². The number of hydrogen-bond donors (Lipinski definition) is 4. The van der Waals surface area contributed by atoms with Crippen molar-refractivity contribution in [1.29, 1.82) is 0 Å². The molecule has 0 spiro atoms. The van der Waals surface area contributed by atoms with Gasteiger partial charge in [0.1, 0.15) is 6.10 Å². The van der Waals surface area contributed by atoms with Gasteiger partial charge < -0.3 is 21.1 Å². The van der Waals surface area contributed by atoms with Crippen LogP contribution in [0.4, 0.5) is 5.69 Å². The van der Waals surface area contributed by atoms with Crippen molar-refractivity contribution in [3.63, 3.8) is 0 Å². The second-order valence-electron chi connectivity index (χ2n) is 3.30. The van der Waals surface area contributed by atoms with Crippen LogP contribution in [-0.2, 0) is 0 Å². The summed E-state index contributed by atoms with van der Waals surface area (Å²) in [6, 6.07) is 5.04. The number of aliphatic hydroxyl groups is 3. The molecular weight excluding hydrogens is 262 g/mol. The number of benzene rings is 1. The molecule has 1 aromatic carbocycles. The fourth-order valence-corrected chi connectivity index (χ4v) is 1.69. The van der Waals surface area contributed by atoms with Crippen molar-refractivity contribution < 1.29 is 15.3 Å². The van der Waals surface area contributed by atoms with Gasteiger partial charge in [-0.25, -0.2) is 0 Å². The molecule has 0 saturated heterocycles. The van der Waals surface area contributed by atoms with Gasteiger partial charge in [0.05, 0.1) is 6.10 Å². The fraction of sp³-hybridized carbons (Fsp3) is 0.400. The molecule has 0 aliphatic heterocycles. The van der Waals surface area contributed by atoms with Crippen LogP contribution < -0.4 is 5.73 Å². The van der Waals surface area contributed by atoms with Gasteiger partial charge in [-0.3, -0.25) is 0 Å². The number of anilines is 1. The Morgan fingerprint density at radius 1 is 1.33 bits per heavy atom. The lowest BCUT2D eigenvalue weighted by molar-refractivity contribution is 0.00460. The van der Waals surface area contributed by atoms with E-state index in [9.17, 15) is 10.2 Å². The third-order valence-electron chi connectivity index (χ3n) is 2.16. The molecule has 0 aliphatic carbocycles. The molecule has 1 rings (SSSR count). The number of aliphatic hydroxyl groups excluding tert-OH is 3. The topological polar surface area (TPSA) is 86.7 Å². The van der Waals surface area contributed by atoms with Crippen molar-refractivity contribution in [3.8, 4) is 0 Å². The zero-order chi connectivity index (χ0) is 11.4. The van der Waals surface area contributed by atoms with Crippen molar-refractivity contribution in [2.24, 2.45) is 0 Å². The highest BCUT2D eigenvalue weighted by atomic mass is 79.9. The molecule has 15 heavy (non-hydrogen) atoms. The fourth-order valence-electron chi connectivity index (χ4n) is 1.31. The molecule has 0 amide bonds. The van der Waals surface area contributed by atoms with E-state index >= 15 is 0 Å². The molecule has 0 bridgehead atoms. The van der Waals surface area contributed by atoms with E-state index in [0.717, 1.165) is 4.47 Å². The van der Waals surface area contributed by atoms with Gasteiger partial charge in [-0.2, -0.15) is 0 Å². The van der Waals surface area contributed by atoms with Crippen LogP contribution >= 0.6 is 15.9 Å². The second kappa shape index (κ2) is 5.46. The SMILES string of the molecule is Nc1cc(Br)ccc1C(O)C(O)CCO. The first-order valence-electron chi connectivity index (χ1n) is 4.58. The first kappa shape index (κ1) is 12.4. The molecule has 0 aromatic heterocycles. The zero-order valence-corrected chi connectivity index (χ0v) is 9.68. The van der Waals surface area contributed by atoms with E-state index in [1.807, 2.05) is 0 Å². The Bertz CT molecular complexity index is 332. The molecule has 2 atom stereocenters. The molecule has 1 aromatic rings. The number of rotatable bonds is 4. The van der Waals surface area contributed by atoms with E-state index in [-0.39, 0.29) is 13.0 Å². The normalized spacial score (nSPS) is 14.9. The monoisotopic (exact) mass is 275 g/mol. The number of halogens is 1. The molecule has 5 N–H and O–H groups in total. The Labute approximate surface area is 96.5 Å². The van der Waals surface area contributed by atoms with E-state index in [4.69, 9.17) is 10.8 Å². The summed E-state index contributed by atoms with van der Waals surface area (Å²) in [5, 5.41) is 27.9. The molecule has 4 nitrogen and oxygen atoms in total. The standard InChI is InChI=1S/C10H14BrNO3/c11-6-1-2-7(8(12)5-6)10(15)9(14)3-4-13/h1-2,5,9-10,13-15H,3-4,12H2. The molecule has 0 radical (unpaired) electrons. The number of nitrogen functional groups attached to an aromatic ring is 1. The van der Waals surface area contributed by atoms with Crippen LogP contribution in [0.3, 0.4) is 0 Å². The maximum absolute atomic E-state index is 9.74. The van der Waals surface area contributed by atoms with Crippen LogP contribution in [0, 0.1) is 0 Å². The Hall–Kier alpha value is -0.620. The molecule has 0 fully saturated rings. The highest BCUT2D eigenvalue weighted by molar-refractivity contribution is 9.10. The molecule has 84 valence electrons. The predicted octanol–water partition coefficient (Wildman–Crippen LogP) is 0.808. The first-order valence-corrected chi connectivity index (χ1v) is 5.37. The van der Waals surface area contributed by atoms with Crippen molar-refractivity contribution in [1.82, 2.24) is 0 Å². The smallest absolute Gasteiger partial charge is 0.107 e. The first-order chi connectivity index (χ1) is 7.06. The average molecular weight is 276 g/mol. The summed E-state index contributed by atoms with van der Waals surface area (Å²) in [7, 11) is 0. The van der Waals surface area contributed by atoms with Crippen LogP contribution in [0.5, 0.6) is 0 Å². The Kier molecular flexibility index (Phi) is 4.53. The van der Waals surface area contributed by atoms with Crippen molar-refractivity contribution in [3.05, 3.63) is 28.2 Å². The van der Waals surface area contributed by atoms with Gasteiger partial charge in [0.15, 0.2) is 0 Å². The Balaban J connectivity index is 2.86. The summed E-state index contributed by atoms with van der Waals surface area (Å²) in [5.41, 5.74) is 6.58. The number of hydrogen-bond acceptors (Lipinski definition) is 4. The Morgan fingerprint density at radius 3 is 2.53 bits per heavy atom. The minimum Gasteiger partial charge on any atom is -0.398 e. The third kappa shape index (κ3) is 3.17. The van der Waals surface area contributed by atoms with Gasteiger partial charge in [-0.05, 0) is 18.6 Å². The molecule has 5 heteroatoms. The lowest BCUT2D eigenvalue weighted by Gasteiger charge is -2.18. The predicted molar refractivity (Wildman–Crippen MR) is 61.2 cm³/mol. The van der Waals surface area contributed by atoms with Gasteiger partial charge in [0.2, 0.25) is 0 Å². The van der Waals surface area contributed by atoms with Crippen molar-refractivity contribution in [2.75, 3.05) is 12.3 Å². The average Bonchev–Trinajstić information content (AvgIpc) is 2.17. The second-order valence-corrected chi connectivity index (χ2v) is 4.21. The quantitative estimate of drug-likeness (QED) is 0.613. The van der Waals surface area contributed by atoms with E-state index in [1.54, 1.807) is 18.2 Å². The minimum atomic E-state index is -1.06. The van der Waals surface area contributed by atoms with Crippen LogP contribution in [0.2, 0.25) is 0 Å². The lowest BCUT2D eigenvalue weighted by Crippen LogP contribution is -2.20. The third-order valence-corrected chi connectivity index (χ3v) is 2.65. The van der Waals surface area contributed by atoms with Gasteiger partial charge in [0, 0.05) is 22.3 Å². The summed E-state index contributed by atoms with van der Waals surface area (Å²) in [5.74, 6) is 0. The van der Waals surface area contributed by atoms with Crippen molar-refractivity contribution in [2.45, 2.75) is 18.6 Å². The maximum Gasteiger partial charge on any atom is 0.107 e. The van der Waals surface area contributed by atoms with E-state index in [1.165, 1.54) is 0 Å². The summed E-state index contributed by atoms with van der Waals surface area (Å²) < 4.78 is 0.813. The molecular formula is C10H14BrNO3. The van der Waals surface area contributed by atoms with E-state index < -0.39 is 12.2 Å². The van der Waals surface area contributed by atoms with Gasteiger partial charge in [0.25, 0.3) is 0 Å². The van der Waals surface area contributed by atoms with Gasteiger partial charge in [-0.1, -0.05) is 22.0 Å². The molecule has 0 saturated carbocycles. The summed E-state index contributed by atoms with van der Waals surface area (Å²) in [6.07, 6.45) is -1.94. The maximum atomic E-state index is 9.74. The van der Waals surface area contributed by atoms with Crippen molar-refractivity contribution >= 4 is 21.6 Å². The molecule has 0 heterocycles. The lowest BCUT2D eigenvalue weighted by atomic mass is 10.0. The molecule has 0 aliphatic rings. The molecule has 2 unspecified atom stereocenters. The van der Waals surface area contributed by atoms with Crippen LogP contribution in [-0.4, -0.2) is 28.0 Å². The van der Waals surface area contributed by atoms with Crippen LogP contribution in [0.15, 0.2) is 22.7 Å². The zero-order valence-electron chi connectivity index (χ0n) is 8.10. The van der Waals surface area contributed by atoms with E-state index in [2.05, 4.69) is 15.9 Å². The summed E-state index contributed by atoms with van der Waals surface area (Å²) >= 11 is 3.25. The van der Waals surface area contributed by atoms with Gasteiger partial charge >= 0.3 is 0 Å². The largest absolute Gasteiger partial charge is 0.398 e. The highest BCUT2D eigenvalue weighted by Gasteiger charge is 2.19. The van der Waals surface area contributed by atoms with Gasteiger partial charge in [-0.15, -0.1) is 0 Å². The number of nitrogens with two attached hydrogens (primary N) is 1. The van der Waals surface area contributed by atoms with E-state index in [0.29, 0.717) is 11.3 Å². The highest BCUT2D eigenvalue weighted by Crippen LogP contribution is 2.27. The summed E-state index contributed by atoms with van der Waals surface area (Å²) in [6.45, 7) is -0.172. The summed E-state index contributed by atoms with van der Waals surface area (Å²) in [4.78, 5) is 0. The Morgan fingerprint density at radius 2 is 2.00 bits per heavy atom. The minimum absolute atomic E-state index is 0.122. The van der Waals surface area contributed by atoms with Crippen LogP contribution in [0.1, 0.15) is 18.1 Å².